The van der Waals surface area contributed by atoms with Crippen LogP contribution in [0.1, 0.15) is 291 Å². The number of hydrogen-bond acceptors (Lipinski definition) is 15. The van der Waals surface area contributed by atoms with Gasteiger partial charge >= 0.3 is 30.0 Å². The molecule has 1 saturated heterocycles. The summed E-state index contributed by atoms with van der Waals surface area (Å²) in [5.41, 5.74) is -0.687. The quantitative estimate of drug-likeness (QED) is 0.0214. The minimum absolute atomic E-state index is 0.200. The first-order valence-corrected chi connectivity index (χ1v) is 34.8. The van der Waals surface area contributed by atoms with Crippen LogP contribution >= 0.6 is 0 Å². The zero-order valence-electron chi connectivity index (χ0n) is 54.8. The molecule has 0 aromatic heterocycles. The number of rotatable bonds is 43. The predicted octanol–water partition coefficient (Wildman–Crippen LogP) is 15.9. The maximum Gasteiger partial charge on any atom is 0.517 e. The largest absolute Gasteiger partial charge is 0.517 e. The van der Waals surface area contributed by atoms with E-state index < -0.39 is 77.0 Å². The van der Waals surface area contributed by atoms with Crippen LogP contribution in [0.15, 0.2) is 12.1 Å². The van der Waals surface area contributed by atoms with E-state index in [0.29, 0.717) is 18.6 Å². The van der Waals surface area contributed by atoms with Crippen molar-refractivity contribution in [2.24, 2.45) is 22.7 Å². The Balaban J connectivity index is 0.874. The lowest BCUT2D eigenvalue weighted by Crippen LogP contribution is -2.83. The lowest BCUT2D eigenvalue weighted by molar-refractivity contribution is -0.312. The molecule has 8 atom stereocenters. The summed E-state index contributed by atoms with van der Waals surface area (Å²) in [7, 11) is 1.76. The minimum Gasteiger partial charge on any atom is -0.482 e. The molecule has 0 radical (unpaired) electrons. The number of piperidine rings is 1. The van der Waals surface area contributed by atoms with Crippen LogP contribution in [0.25, 0.3) is 0 Å². The van der Waals surface area contributed by atoms with Crippen LogP contribution in [0.2, 0.25) is 0 Å². The first-order chi connectivity index (χ1) is 41.3. The number of methoxy groups -OCH3 is 1. The van der Waals surface area contributed by atoms with E-state index in [-0.39, 0.29) is 55.6 Å². The van der Waals surface area contributed by atoms with Crippen molar-refractivity contribution in [3.8, 4) is 11.5 Å². The zero-order chi connectivity index (χ0) is 61.8. The number of unbranched alkanes of at least 4 members (excludes halogenated alkanes) is 24. The van der Waals surface area contributed by atoms with Gasteiger partial charge in [-0.25, -0.2) is 4.79 Å². The van der Waals surface area contributed by atoms with Crippen molar-refractivity contribution >= 4 is 30.0 Å². The van der Waals surface area contributed by atoms with E-state index in [9.17, 15) is 29.1 Å². The molecule has 2 aliphatic heterocycles. The van der Waals surface area contributed by atoms with Gasteiger partial charge < -0.3 is 43.0 Å². The van der Waals surface area contributed by atoms with Crippen molar-refractivity contribution in [3.63, 3.8) is 0 Å². The Bertz CT molecular complexity index is 2260. The lowest BCUT2D eigenvalue weighted by Gasteiger charge is -2.75. The standard InChI is InChI=1S/C71H115NO14/c1-9-11-13-15-17-19-21-23-25-27-29-31-33-35-59(73)80-50-55(51-81-60(74)36-34-32-30-28-26-24-22-20-18-16-14-12-10-2)84-62(76)42-41-61(75)82-52(3)83-66(77)85-56-40-39-54-47-58-69-43-44-71(79-8,57(48-69)68(7,78)67(4,5)6)65-70(69,63(54)64(56)86-65)45-46-72(58)49-53-37-38-53/h39-40,52-53,55,57-58,65,78H,9-38,41-51H2,1-8H3/t52?,57-,58?,65-,68+,69-,70+,71+/m1/s1. The van der Waals surface area contributed by atoms with Crippen LogP contribution in [0.5, 0.6) is 11.5 Å². The van der Waals surface area contributed by atoms with Crippen LogP contribution in [0, 0.1) is 22.7 Å². The van der Waals surface area contributed by atoms with Gasteiger partial charge in [-0.1, -0.05) is 195 Å². The molecular weight excluding hydrogens is 1090 g/mol. The van der Waals surface area contributed by atoms with E-state index in [0.717, 1.165) is 95.2 Å². The van der Waals surface area contributed by atoms with Gasteiger partial charge in [0.05, 0.1) is 18.4 Å². The van der Waals surface area contributed by atoms with Crippen molar-refractivity contribution in [2.45, 2.75) is 327 Å². The second-order valence-electron chi connectivity index (χ2n) is 28.3. The summed E-state index contributed by atoms with van der Waals surface area (Å²) in [5, 5.41) is 12.6. The molecule has 15 nitrogen and oxygen atoms in total. The number of fused-ring (bicyclic) bond motifs is 2. The van der Waals surface area contributed by atoms with Crippen LogP contribution < -0.4 is 9.47 Å². The Morgan fingerprint density at radius 3 is 1.63 bits per heavy atom. The average molecular weight is 1210 g/mol. The molecule has 488 valence electrons. The number of carbonyl (C=O) groups excluding carboxylic acids is 5. The molecule has 86 heavy (non-hydrogen) atoms. The number of aliphatic hydroxyl groups is 1. The van der Waals surface area contributed by atoms with Gasteiger partial charge in [-0.3, -0.25) is 24.1 Å². The van der Waals surface area contributed by atoms with Crippen molar-refractivity contribution in [1.82, 2.24) is 4.90 Å². The number of carbonyl (C=O) groups is 5. The van der Waals surface area contributed by atoms with Crippen LogP contribution in [0.4, 0.5) is 4.79 Å². The molecule has 5 fully saturated rings. The Morgan fingerprint density at radius 2 is 1.14 bits per heavy atom. The van der Waals surface area contributed by atoms with Gasteiger partial charge in [0.25, 0.3) is 0 Å². The highest BCUT2D eigenvalue weighted by Crippen LogP contribution is 2.78. The second-order valence-corrected chi connectivity index (χ2v) is 28.3. The minimum atomic E-state index is -1.37. The lowest BCUT2D eigenvalue weighted by atomic mass is 9.33. The Hall–Kier alpha value is -3.95. The van der Waals surface area contributed by atoms with Gasteiger partial charge in [0, 0.05) is 61.8 Å². The average Bonchev–Trinajstić information content (AvgIpc) is 1.27. The number of hydrogen-bond donors (Lipinski definition) is 1. The fraction of sp³-hybridized carbons (Fsp3) is 0.845. The van der Waals surface area contributed by atoms with Gasteiger partial charge in [0.15, 0.2) is 17.6 Å². The summed E-state index contributed by atoms with van der Waals surface area (Å²) >= 11 is 0. The summed E-state index contributed by atoms with van der Waals surface area (Å²) in [5.74, 6) is -1.19. The van der Waals surface area contributed by atoms with E-state index in [1.807, 2.05) is 6.92 Å². The highest BCUT2D eigenvalue weighted by atomic mass is 16.8. The summed E-state index contributed by atoms with van der Waals surface area (Å²) < 4.78 is 47.6. The predicted molar refractivity (Wildman–Crippen MR) is 333 cm³/mol. The number of nitrogens with zero attached hydrogens (tertiary/aromatic N) is 1. The molecule has 4 saturated carbocycles. The van der Waals surface area contributed by atoms with Crippen LogP contribution in [-0.4, -0.2) is 109 Å². The molecule has 5 aliphatic carbocycles. The molecule has 2 heterocycles. The van der Waals surface area contributed by atoms with E-state index in [1.54, 1.807) is 13.2 Å². The molecule has 0 amide bonds. The molecule has 15 heteroatoms. The molecule has 2 spiro atoms. The summed E-state index contributed by atoms with van der Waals surface area (Å²) in [6.07, 6.45) is 33.5. The first kappa shape index (κ1) is 69.5. The first-order valence-electron chi connectivity index (χ1n) is 34.8. The highest BCUT2D eigenvalue weighted by molar-refractivity contribution is 5.78. The second kappa shape index (κ2) is 33.2. The van der Waals surface area contributed by atoms with Crippen molar-refractivity contribution in [2.75, 3.05) is 33.4 Å². The SMILES string of the molecule is CCCCCCCCCCCCCCCC(=O)OCC(COC(=O)CCCCCCCCCCCCCCC)OC(=O)CCC(=O)OC(C)OC(=O)Oc1ccc2c3c1O[C@H]1[C@]4(OC)CC[C@@]5(C[C@@H]4[C@](C)(O)C(C)(C)C)C(C2)N(CC2CC2)CC[C@]315. The molecule has 8 rings (SSSR count). The van der Waals surface area contributed by atoms with Crippen molar-refractivity contribution < 1.29 is 67.0 Å². The third-order valence-electron chi connectivity index (χ3n) is 21.3. The number of ether oxygens (including phenoxy) is 8. The number of likely N-dealkylation sites (tertiary alicyclic amines) is 1. The van der Waals surface area contributed by atoms with Crippen molar-refractivity contribution in [1.29, 1.82) is 0 Å². The van der Waals surface area contributed by atoms with Gasteiger partial charge in [0.2, 0.25) is 6.29 Å². The van der Waals surface area contributed by atoms with E-state index in [1.165, 1.54) is 141 Å². The normalized spacial score (nSPS) is 24.6. The molecule has 2 unspecified atom stereocenters. The Labute approximate surface area is 517 Å². The van der Waals surface area contributed by atoms with E-state index >= 15 is 0 Å². The summed E-state index contributed by atoms with van der Waals surface area (Å²) in [6.45, 7) is 15.6. The third kappa shape index (κ3) is 17.7. The fourth-order valence-electron chi connectivity index (χ4n) is 15.8. The monoisotopic (exact) mass is 1210 g/mol. The Morgan fingerprint density at radius 1 is 0.640 bits per heavy atom. The summed E-state index contributed by atoms with van der Waals surface area (Å²) in [4.78, 5) is 68.5. The van der Waals surface area contributed by atoms with Gasteiger partial charge in [-0.15, -0.1) is 0 Å². The maximum atomic E-state index is 13.6. The van der Waals surface area contributed by atoms with Crippen LogP contribution in [0.3, 0.4) is 0 Å². The third-order valence-corrected chi connectivity index (χ3v) is 21.3. The van der Waals surface area contributed by atoms with Gasteiger partial charge in [-0.05, 0) is 94.2 Å². The molecule has 1 aromatic carbocycles. The molecule has 7 aliphatic rings. The molecule has 4 bridgehead atoms. The summed E-state index contributed by atoms with van der Waals surface area (Å²) in [6, 6.07) is 4.10. The van der Waals surface area contributed by atoms with E-state index in [4.69, 9.17) is 37.9 Å². The zero-order valence-corrected chi connectivity index (χ0v) is 54.8. The topological polar surface area (TPSA) is 183 Å². The van der Waals surface area contributed by atoms with Gasteiger partial charge in [-0.2, -0.15) is 0 Å². The van der Waals surface area contributed by atoms with E-state index in [2.05, 4.69) is 45.6 Å². The number of esters is 4. The van der Waals surface area contributed by atoms with Crippen LogP contribution in [-0.2, 0) is 59.4 Å². The molecule has 1 aromatic rings. The Kier molecular flexibility index (Phi) is 26.8. The van der Waals surface area contributed by atoms with Gasteiger partial charge in [0.1, 0.15) is 24.9 Å². The molecular formula is C71H115NO14. The number of benzene rings is 1. The smallest absolute Gasteiger partial charge is 0.482 e. The maximum absolute atomic E-state index is 13.6. The molecule has 1 N–H and O–H groups in total. The van der Waals surface area contributed by atoms with Crippen molar-refractivity contribution in [3.05, 3.63) is 23.3 Å². The fourth-order valence-corrected chi connectivity index (χ4v) is 15.8. The highest BCUT2D eigenvalue weighted by Gasteiger charge is 2.82.